The van der Waals surface area contributed by atoms with Crippen LogP contribution in [-0.2, 0) is 18.2 Å². The number of nitriles is 1. The van der Waals surface area contributed by atoms with E-state index in [-0.39, 0.29) is 5.56 Å². The van der Waals surface area contributed by atoms with Gasteiger partial charge >= 0.3 is 5.97 Å². The first-order valence-corrected chi connectivity index (χ1v) is 12.2. The van der Waals surface area contributed by atoms with E-state index >= 15 is 0 Å². The summed E-state index contributed by atoms with van der Waals surface area (Å²) in [6.45, 7) is 8.80. The standard InChI is InChI=1S/C28H33N5O3/c1-18-14-20(8-11-30-23-7-6-19(17-29)16-21(23)26(35)36-5)24-22(15-18)25(34)32(4)27(31-24)33-12-9-28(2,3)10-13-33/h6-7,14-16,30H,8-13H2,1-5H3. The summed E-state index contributed by atoms with van der Waals surface area (Å²) in [5.74, 6) is 0.205. The minimum Gasteiger partial charge on any atom is -0.465 e. The molecule has 0 aliphatic carbocycles. The molecule has 0 spiro atoms. The molecule has 1 saturated heterocycles. The van der Waals surface area contributed by atoms with Crippen molar-refractivity contribution in [2.75, 3.05) is 37.0 Å². The highest BCUT2D eigenvalue weighted by atomic mass is 16.5. The number of piperidine rings is 1. The quantitative estimate of drug-likeness (QED) is 0.521. The Kier molecular flexibility index (Phi) is 7.02. The van der Waals surface area contributed by atoms with E-state index < -0.39 is 5.97 Å². The van der Waals surface area contributed by atoms with Gasteiger partial charge in [-0.15, -0.1) is 0 Å². The summed E-state index contributed by atoms with van der Waals surface area (Å²) in [6.07, 6.45) is 2.71. The van der Waals surface area contributed by atoms with Crippen molar-refractivity contribution in [3.05, 3.63) is 62.9 Å². The third kappa shape index (κ3) is 5.06. The molecule has 1 aromatic heterocycles. The van der Waals surface area contributed by atoms with Gasteiger partial charge in [-0.05, 0) is 67.0 Å². The number of rotatable bonds is 6. The van der Waals surface area contributed by atoms with Crippen LogP contribution in [0.25, 0.3) is 10.9 Å². The molecule has 0 radical (unpaired) electrons. The highest BCUT2D eigenvalue weighted by molar-refractivity contribution is 5.96. The number of fused-ring (bicyclic) bond motifs is 1. The predicted octanol–water partition coefficient (Wildman–Crippen LogP) is 4.18. The van der Waals surface area contributed by atoms with Crippen LogP contribution in [0.3, 0.4) is 0 Å². The van der Waals surface area contributed by atoms with Crippen molar-refractivity contribution in [2.45, 2.75) is 40.0 Å². The van der Waals surface area contributed by atoms with Gasteiger partial charge in [0.15, 0.2) is 0 Å². The predicted molar refractivity (Wildman–Crippen MR) is 142 cm³/mol. The number of nitrogens with one attached hydrogen (secondary N) is 1. The van der Waals surface area contributed by atoms with Gasteiger partial charge in [-0.1, -0.05) is 19.9 Å². The van der Waals surface area contributed by atoms with Crippen LogP contribution < -0.4 is 15.8 Å². The second-order valence-corrected chi connectivity index (χ2v) is 10.3. The number of aryl methyl sites for hydroxylation is 1. The van der Waals surface area contributed by atoms with Gasteiger partial charge in [0.25, 0.3) is 5.56 Å². The van der Waals surface area contributed by atoms with Crippen molar-refractivity contribution in [2.24, 2.45) is 12.5 Å². The number of carbonyl (C=O) groups excluding carboxylic acids is 1. The molecule has 4 rings (SSSR count). The van der Waals surface area contributed by atoms with E-state index in [1.165, 1.54) is 13.2 Å². The molecule has 0 amide bonds. The number of anilines is 2. The second kappa shape index (κ2) is 10.0. The Labute approximate surface area is 211 Å². The summed E-state index contributed by atoms with van der Waals surface area (Å²) in [5, 5.41) is 13.1. The van der Waals surface area contributed by atoms with E-state index in [0.29, 0.717) is 46.5 Å². The summed E-state index contributed by atoms with van der Waals surface area (Å²) < 4.78 is 6.55. The van der Waals surface area contributed by atoms with Crippen LogP contribution in [-0.4, -0.2) is 42.3 Å². The highest BCUT2D eigenvalue weighted by Gasteiger charge is 2.27. The van der Waals surface area contributed by atoms with Crippen molar-refractivity contribution < 1.29 is 9.53 Å². The lowest BCUT2D eigenvalue weighted by molar-refractivity contribution is 0.0601. The van der Waals surface area contributed by atoms with Gasteiger partial charge in [-0.2, -0.15) is 5.26 Å². The average molecular weight is 488 g/mol. The monoisotopic (exact) mass is 487 g/mol. The molecule has 1 N–H and O–H groups in total. The lowest BCUT2D eigenvalue weighted by Crippen LogP contribution is -2.40. The summed E-state index contributed by atoms with van der Waals surface area (Å²) in [6, 6.07) is 10.9. The van der Waals surface area contributed by atoms with E-state index in [1.807, 2.05) is 19.1 Å². The first-order valence-electron chi connectivity index (χ1n) is 12.2. The Morgan fingerprint density at radius 3 is 2.61 bits per heavy atom. The molecular weight excluding hydrogens is 454 g/mol. The Morgan fingerprint density at radius 2 is 1.94 bits per heavy atom. The normalized spacial score (nSPS) is 14.9. The number of methoxy groups -OCH3 is 1. The second-order valence-electron chi connectivity index (χ2n) is 10.3. The van der Waals surface area contributed by atoms with Crippen LogP contribution in [0.5, 0.6) is 0 Å². The van der Waals surface area contributed by atoms with Gasteiger partial charge in [-0.25, -0.2) is 9.78 Å². The number of hydrogen-bond acceptors (Lipinski definition) is 7. The summed E-state index contributed by atoms with van der Waals surface area (Å²) in [4.78, 5) is 32.8. The molecule has 188 valence electrons. The maximum atomic E-state index is 13.3. The van der Waals surface area contributed by atoms with Gasteiger partial charge in [0.2, 0.25) is 5.95 Å². The lowest BCUT2D eigenvalue weighted by Gasteiger charge is -2.38. The Hall–Kier alpha value is -3.86. The van der Waals surface area contributed by atoms with Crippen molar-refractivity contribution in [3.8, 4) is 6.07 Å². The fourth-order valence-corrected chi connectivity index (χ4v) is 4.76. The molecule has 8 nitrogen and oxygen atoms in total. The molecule has 1 fully saturated rings. The number of carbonyl (C=O) groups is 1. The van der Waals surface area contributed by atoms with Crippen LogP contribution in [0.2, 0.25) is 0 Å². The van der Waals surface area contributed by atoms with Gasteiger partial charge in [0, 0.05) is 32.4 Å². The zero-order chi connectivity index (χ0) is 26.0. The third-order valence-corrected chi connectivity index (χ3v) is 7.04. The number of esters is 1. The highest BCUT2D eigenvalue weighted by Crippen LogP contribution is 2.32. The fraction of sp³-hybridized carbons (Fsp3) is 0.429. The maximum absolute atomic E-state index is 13.3. The first kappa shape index (κ1) is 25.2. The molecule has 0 bridgehead atoms. The Bertz CT molecular complexity index is 1410. The largest absolute Gasteiger partial charge is 0.465 e. The SMILES string of the molecule is COC(=O)c1cc(C#N)ccc1NCCc1cc(C)cc2c(=O)n(C)c(N3CCC(C)(C)CC3)nc12. The van der Waals surface area contributed by atoms with E-state index in [4.69, 9.17) is 9.72 Å². The van der Waals surface area contributed by atoms with Crippen LogP contribution in [0.15, 0.2) is 35.1 Å². The molecule has 0 saturated carbocycles. The summed E-state index contributed by atoms with van der Waals surface area (Å²) >= 11 is 0. The van der Waals surface area contributed by atoms with E-state index in [0.717, 1.165) is 42.6 Å². The van der Waals surface area contributed by atoms with Crippen molar-refractivity contribution in [1.29, 1.82) is 5.26 Å². The summed E-state index contributed by atoms with van der Waals surface area (Å²) in [5.41, 5.74) is 4.25. The molecule has 3 aromatic rings. The van der Waals surface area contributed by atoms with Gasteiger partial charge < -0.3 is 15.0 Å². The summed E-state index contributed by atoms with van der Waals surface area (Å²) in [7, 11) is 3.11. The topological polar surface area (TPSA) is 100 Å². The molecule has 2 aromatic carbocycles. The van der Waals surface area contributed by atoms with Gasteiger partial charge in [0.05, 0.1) is 35.2 Å². The molecule has 8 heteroatoms. The smallest absolute Gasteiger partial charge is 0.340 e. The lowest BCUT2D eigenvalue weighted by atomic mass is 9.83. The van der Waals surface area contributed by atoms with Crippen LogP contribution in [0, 0.1) is 23.7 Å². The number of aromatic nitrogens is 2. The molecule has 0 unspecified atom stereocenters. The number of hydrogen-bond donors (Lipinski definition) is 1. The molecule has 1 aliphatic heterocycles. The zero-order valence-corrected chi connectivity index (χ0v) is 21.6. The molecule has 36 heavy (non-hydrogen) atoms. The number of nitrogens with zero attached hydrogens (tertiary/aromatic N) is 4. The van der Waals surface area contributed by atoms with Crippen LogP contribution in [0.4, 0.5) is 11.6 Å². The Morgan fingerprint density at radius 1 is 1.22 bits per heavy atom. The third-order valence-electron chi connectivity index (χ3n) is 7.04. The van der Waals surface area contributed by atoms with Gasteiger partial charge in [0.1, 0.15) is 0 Å². The minimum absolute atomic E-state index is 0.0437. The van der Waals surface area contributed by atoms with Crippen molar-refractivity contribution >= 4 is 28.5 Å². The first-order chi connectivity index (χ1) is 17.1. The molecule has 0 atom stereocenters. The zero-order valence-electron chi connectivity index (χ0n) is 21.6. The number of benzene rings is 2. The van der Waals surface area contributed by atoms with E-state index in [1.54, 1.807) is 23.7 Å². The molecule has 2 heterocycles. The Balaban J connectivity index is 1.64. The minimum atomic E-state index is -0.505. The molecular formula is C28H33N5O3. The van der Waals surface area contributed by atoms with Crippen molar-refractivity contribution in [1.82, 2.24) is 9.55 Å². The van der Waals surface area contributed by atoms with Crippen molar-refractivity contribution in [3.63, 3.8) is 0 Å². The fourth-order valence-electron chi connectivity index (χ4n) is 4.76. The van der Waals surface area contributed by atoms with E-state index in [2.05, 4.69) is 30.1 Å². The number of ether oxygens (including phenoxy) is 1. The average Bonchev–Trinajstić information content (AvgIpc) is 2.86. The molecule has 1 aliphatic rings. The van der Waals surface area contributed by atoms with Gasteiger partial charge in [-0.3, -0.25) is 9.36 Å². The van der Waals surface area contributed by atoms with Crippen LogP contribution in [0.1, 0.15) is 53.7 Å². The van der Waals surface area contributed by atoms with E-state index in [9.17, 15) is 14.9 Å². The maximum Gasteiger partial charge on any atom is 0.340 e. The van der Waals surface area contributed by atoms with Crippen LogP contribution >= 0.6 is 0 Å².